The number of anilines is 2. The Kier molecular flexibility index (Phi) is 2.48. The molecule has 5 nitrogen and oxygen atoms in total. The number of nitrogens with one attached hydrogen (secondary N) is 2. The smallest absolute Gasteiger partial charge is 0.0812 e. The zero-order valence-corrected chi connectivity index (χ0v) is 10.2. The number of hydrogen-bond donors (Lipinski definition) is 3. The molecule has 0 spiro atoms. The van der Waals surface area contributed by atoms with Crippen molar-refractivity contribution in [3.8, 4) is 11.1 Å². The molecule has 1 aromatic carbocycles. The topological polar surface area (TPSA) is 76.0 Å². The predicted octanol–water partition coefficient (Wildman–Crippen LogP) is 1.86. The minimum atomic E-state index is -0.0108. The quantitative estimate of drug-likeness (QED) is 0.720. The van der Waals surface area contributed by atoms with E-state index >= 15 is 0 Å². The lowest BCUT2D eigenvalue weighted by atomic mass is 9.99. The minimum Gasteiger partial charge on any atom is -0.397 e. The summed E-state index contributed by atoms with van der Waals surface area (Å²) < 4.78 is 5.23. The highest BCUT2D eigenvalue weighted by Crippen LogP contribution is 2.30. The maximum absolute atomic E-state index is 6.00. The molecule has 1 aromatic heterocycles. The van der Waals surface area contributed by atoms with Crippen LogP contribution in [0.15, 0.2) is 30.6 Å². The lowest BCUT2D eigenvalue weighted by Crippen LogP contribution is -2.53. The zero-order valence-electron chi connectivity index (χ0n) is 10.2. The Bertz CT molecular complexity index is 546. The molecular formula is C13H16N4O. The molecule has 94 valence electrons. The number of ether oxygens (including phenoxy) is 1. The second-order valence-corrected chi connectivity index (χ2v) is 4.97. The first-order chi connectivity index (χ1) is 8.66. The van der Waals surface area contributed by atoms with Crippen molar-refractivity contribution in [2.75, 3.05) is 24.3 Å². The Morgan fingerprint density at radius 3 is 2.83 bits per heavy atom. The van der Waals surface area contributed by atoms with E-state index in [0.717, 1.165) is 22.5 Å². The number of nitrogen functional groups attached to an aromatic ring is 1. The molecule has 0 bridgehead atoms. The largest absolute Gasteiger partial charge is 0.397 e. The average Bonchev–Trinajstić information content (AvgIpc) is 2.83. The molecule has 0 aliphatic carbocycles. The van der Waals surface area contributed by atoms with Gasteiger partial charge in [0, 0.05) is 11.8 Å². The van der Waals surface area contributed by atoms with E-state index in [9.17, 15) is 0 Å². The van der Waals surface area contributed by atoms with Gasteiger partial charge in [-0.3, -0.25) is 5.10 Å². The highest BCUT2D eigenvalue weighted by molar-refractivity contribution is 5.76. The first-order valence-corrected chi connectivity index (χ1v) is 5.91. The van der Waals surface area contributed by atoms with E-state index in [2.05, 4.69) is 22.4 Å². The second kappa shape index (κ2) is 4.03. The number of aromatic amines is 1. The molecule has 4 N–H and O–H groups in total. The standard InChI is InChI=1S/C13H16N4O/c1-13(7-18-8-13)17-12-4-9(2-3-11(12)14)10-5-15-16-6-10/h2-6,17H,7-8,14H2,1H3,(H,15,16). The molecule has 0 radical (unpaired) electrons. The summed E-state index contributed by atoms with van der Waals surface area (Å²) in [5, 5.41) is 10.2. The normalized spacial score (nSPS) is 17.2. The van der Waals surface area contributed by atoms with Crippen LogP contribution >= 0.6 is 0 Å². The van der Waals surface area contributed by atoms with Crippen LogP contribution in [0.2, 0.25) is 0 Å². The summed E-state index contributed by atoms with van der Waals surface area (Å²) in [6, 6.07) is 5.95. The lowest BCUT2D eigenvalue weighted by molar-refractivity contribution is -0.0317. The molecule has 3 rings (SSSR count). The summed E-state index contributed by atoms with van der Waals surface area (Å²) in [6.45, 7) is 3.55. The monoisotopic (exact) mass is 244 g/mol. The Labute approximate surface area is 105 Å². The predicted molar refractivity (Wildman–Crippen MR) is 71.3 cm³/mol. The Morgan fingerprint density at radius 2 is 2.22 bits per heavy atom. The molecule has 0 saturated carbocycles. The first kappa shape index (κ1) is 11.1. The number of nitrogens with two attached hydrogens (primary N) is 1. The van der Waals surface area contributed by atoms with Crippen LogP contribution in [0.4, 0.5) is 11.4 Å². The van der Waals surface area contributed by atoms with Crippen molar-refractivity contribution >= 4 is 11.4 Å². The Morgan fingerprint density at radius 1 is 1.39 bits per heavy atom. The molecule has 2 aromatic rings. The number of H-pyrrole nitrogens is 1. The molecule has 1 aliphatic rings. The van der Waals surface area contributed by atoms with Crippen LogP contribution in [-0.4, -0.2) is 29.0 Å². The number of rotatable bonds is 3. The van der Waals surface area contributed by atoms with E-state index in [1.165, 1.54) is 0 Å². The fourth-order valence-corrected chi connectivity index (χ4v) is 2.06. The number of aromatic nitrogens is 2. The average molecular weight is 244 g/mol. The molecule has 5 heteroatoms. The molecule has 0 atom stereocenters. The second-order valence-electron chi connectivity index (χ2n) is 4.97. The molecule has 0 unspecified atom stereocenters. The summed E-state index contributed by atoms with van der Waals surface area (Å²) in [7, 11) is 0. The third kappa shape index (κ3) is 1.93. The van der Waals surface area contributed by atoms with Crippen molar-refractivity contribution in [2.45, 2.75) is 12.5 Å². The number of nitrogens with zero attached hydrogens (tertiary/aromatic N) is 1. The zero-order chi connectivity index (χ0) is 12.6. The Balaban J connectivity index is 1.91. The van der Waals surface area contributed by atoms with Gasteiger partial charge in [0.25, 0.3) is 0 Å². The van der Waals surface area contributed by atoms with Gasteiger partial charge in [-0.1, -0.05) is 6.07 Å². The van der Waals surface area contributed by atoms with Crippen LogP contribution in [0, 0.1) is 0 Å². The molecule has 1 aliphatic heterocycles. The molecule has 18 heavy (non-hydrogen) atoms. The summed E-state index contributed by atoms with van der Waals surface area (Å²) in [4.78, 5) is 0. The van der Waals surface area contributed by atoms with Gasteiger partial charge in [-0.2, -0.15) is 5.10 Å². The molecule has 0 amide bonds. The van der Waals surface area contributed by atoms with Crippen LogP contribution in [0.1, 0.15) is 6.92 Å². The van der Waals surface area contributed by atoms with Gasteiger partial charge in [0.2, 0.25) is 0 Å². The van der Waals surface area contributed by atoms with E-state index < -0.39 is 0 Å². The van der Waals surface area contributed by atoms with Crippen LogP contribution < -0.4 is 11.1 Å². The van der Waals surface area contributed by atoms with Gasteiger partial charge in [0.15, 0.2) is 0 Å². The van der Waals surface area contributed by atoms with Crippen LogP contribution in [0.5, 0.6) is 0 Å². The third-order valence-corrected chi connectivity index (χ3v) is 3.16. The van der Waals surface area contributed by atoms with Crippen molar-refractivity contribution < 1.29 is 4.74 Å². The van der Waals surface area contributed by atoms with Gasteiger partial charge < -0.3 is 15.8 Å². The van der Waals surface area contributed by atoms with E-state index in [1.54, 1.807) is 6.20 Å². The highest BCUT2D eigenvalue weighted by atomic mass is 16.5. The summed E-state index contributed by atoms with van der Waals surface area (Å²) in [6.07, 6.45) is 3.66. The Hall–Kier alpha value is -2.01. The summed E-state index contributed by atoms with van der Waals surface area (Å²) in [5.41, 5.74) is 9.82. The van der Waals surface area contributed by atoms with Crippen LogP contribution in [0.25, 0.3) is 11.1 Å². The van der Waals surface area contributed by atoms with Crippen molar-refractivity contribution in [3.63, 3.8) is 0 Å². The fraction of sp³-hybridized carbons (Fsp3) is 0.308. The highest BCUT2D eigenvalue weighted by Gasteiger charge is 2.33. The molecule has 1 saturated heterocycles. The maximum atomic E-state index is 6.00. The van der Waals surface area contributed by atoms with E-state index in [-0.39, 0.29) is 5.54 Å². The van der Waals surface area contributed by atoms with Crippen molar-refractivity contribution in [3.05, 3.63) is 30.6 Å². The van der Waals surface area contributed by atoms with Gasteiger partial charge in [0.1, 0.15) is 0 Å². The van der Waals surface area contributed by atoms with Crippen molar-refractivity contribution in [1.82, 2.24) is 10.2 Å². The summed E-state index contributed by atoms with van der Waals surface area (Å²) >= 11 is 0. The minimum absolute atomic E-state index is 0.0108. The van der Waals surface area contributed by atoms with Crippen molar-refractivity contribution in [1.29, 1.82) is 0 Å². The lowest BCUT2D eigenvalue weighted by Gasteiger charge is -2.40. The van der Waals surface area contributed by atoms with Gasteiger partial charge in [0.05, 0.1) is 36.3 Å². The van der Waals surface area contributed by atoms with E-state index in [1.807, 2.05) is 24.4 Å². The van der Waals surface area contributed by atoms with Gasteiger partial charge in [-0.05, 0) is 24.6 Å². The first-order valence-electron chi connectivity index (χ1n) is 5.91. The van der Waals surface area contributed by atoms with E-state index in [4.69, 9.17) is 10.5 Å². The maximum Gasteiger partial charge on any atom is 0.0812 e. The fourth-order valence-electron chi connectivity index (χ4n) is 2.06. The summed E-state index contributed by atoms with van der Waals surface area (Å²) in [5.74, 6) is 0. The van der Waals surface area contributed by atoms with Gasteiger partial charge in [-0.25, -0.2) is 0 Å². The molecular weight excluding hydrogens is 228 g/mol. The van der Waals surface area contributed by atoms with Crippen molar-refractivity contribution in [2.24, 2.45) is 0 Å². The van der Waals surface area contributed by atoms with E-state index in [0.29, 0.717) is 13.2 Å². The van der Waals surface area contributed by atoms with Crippen LogP contribution in [-0.2, 0) is 4.74 Å². The molecule has 1 fully saturated rings. The molecule has 2 heterocycles. The SMILES string of the molecule is CC1(Nc2cc(-c3cn[nH]c3)ccc2N)COC1. The third-order valence-electron chi connectivity index (χ3n) is 3.16. The van der Waals surface area contributed by atoms with Gasteiger partial charge in [-0.15, -0.1) is 0 Å². The van der Waals surface area contributed by atoms with Crippen LogP contribution in [0.3, 0.4) is 0 Å². The van der Waals surface area contributed by atoms with Gasteiger partial charge >= 0.3 is 0 Å². The number of hydrogen-bond acceptors (Lipinski definition) is 4. The number of benzene rings is 1.